The Morgan fingerprint density at radius 2 is 2.08 bits per heavy atom. The lowest BCUT2D eigenvalue weighted by Crippen LogP contribution is -2.32. The quantitative estimate of drug-likeness (QED) is 0.581. The van der Waals surface area contributed by atoms with Crippen molar-refractivity contribution in [2.24, 2.45) is 0 Å². The molecule has 76 valence electrons. The van der Waals surface area contributed by atoms with Crippen LogP contribution >= 0.6 is 0 Å². The Hall–Kier alpha value is -0.830. The van der Waals surface area contributed by atoms with Gasteiger partial charge in [0.1, 0.15) is 5.78 Å². The molecule has 0 amide bonds. The molecule has 0 fully saturated rings. The molecule has 0 saturated carbocycles. The van der Waals surface area contributed by atoms with Crippen LogP contribution in [0.5, 0.6) is 0 Å². The highest BCUT2D eigenvalue weighted by Gasteiger charge is 2.09. The van der Waals surface area contributed by atoms with Crippen LogP contribution in [0.1, 0.15) is 26.7 Å². The molecule has 3 nitrogen and oxygen atoms in total. The fraction of sp³-hybridized carbons (Fsp3) is 0.700. The zero-order valence-electron chi connectivity index (χ0n) is 8.81. The maximum absolute atomic E-state index is 11.0. The van der Waals surface area contributed by atoms with Gasteiger partial charge in [0.05, 0.1) is 6.04 Å². The van der Waals surface area contributed by atoms with Crippen LogP contribution < -0.4 is 10.6 Å². The molecule has 13 heavy (non-hydrogen) atoms. The molecule has 0 aromatic heterocycles. The Labute approximate surface area is 80.6 Å². The van der Waals surface area contributed by atoms with E-state index < -0.39 is 0 Å². The van der Waals surface area contributed by atoms with E-state index in [1.807, 2.05) is 14.0 Å². The molecule has 2 N–H and O–H groups in total. The van der Waals surface area contributed by atoms with Crippen LogP contribution in [0.2, 0.25) is 0 Å². The summed E-state index contributed by atoms with van der Waals surface area (Å²) in [5, 5.41) is 6.12. The summed E-state index contributed by atoms with van der Waals surface area (Å²) in [6.45, 7) is 8.17. The third-order valence-electron chi connectivity index (χ3n) is 1.94. The van der Waals surface area contributed by atoms with E-state index in [1.54, 1.807) is 6.92 Å². The van der Waals surface area contributed by atoms with Crippen LogP contribution in [0, 0.1) is 0 Å². The van der Waals surface area contributed by atoms with E-state index in [9.17, 15) is 4.79 Å². The average Bonchev–Trinajstić information content (AvgIpc) is 2.03. The summed E-state index contributed by atoms with van der Waals surface area (Å²) in [5.41, 5.74) is 0.976. The second-order valence-electron chi connectivity index (χ2n) is 3.30. The molecule has 0 bridgehead atoms. The fourth-order valence-corrected chi connectivity index (χ4v) is 1.16. The van der Waals surface area contributed by atoms with E-state index in [0.717, 1.165) is 25.1 Å². The van der Waals surface area contributed by atoms with Crippen LogP contribution in [-0.2, 0) is 4.79 Å². The maximum atomic E-state index is 11.0. The number of ketones is 1. The molecule has 0 rings (SSSR count). The van der Waals surface area contributed by atoms with Crippen molar-refractivity contribution >= 4 is 5.78 Å². The summed E-state index contributed by atoms with van der Waals surface area (Å²) in [5.74, 6) is 0.206. The monoisotopic (exact) mass is 184 g/mol. The molecule has 0 spiro atoms. The van der Waals surface area contributed by atoms with Crippen molar-refractivity contribution in [2.45, 2.75) is 32.7 Å². The van der Waals surface area contributed by atoms with E-state index >= 15 is 0 Å². The molecular formula is C10H20N2O. The second kappa shape index (κ2) is 6.66. The smallest absolute Gasteiger partial charge is 0.146 e. The van der Waals surface area contributed by atoms with Crippen molar-refractivity contribution in [1.82, 2.24) is 10.6 Å². The van der Waals surface area contributed by atoms with Gasteiger partial charge >= 0.3 is 0 Å². The molecule has 3 heteroatoms. The number of hydrogen-bond acceptors (Lipinski definition) is 3. The number of allylic oxidation sites excluding steroid dienone is 1. The lowest BCUT2D eigenvalue weighted by atomic mass is 10.1. The molecule has 1 unspecified atom stereocenters. The summed E-state index contributed by atoms with van der Waals surface area (Å²) in [4.78, 5) is 11.0. The summed E-state index contributed by atoms with van der Waals surface area (Å²) in [6.07, 6.45) is 1.87. The number of carbonyl (C=O) groups excluding carboxylic acids is 1. The maximum Gasteiger partial charge on any atom is 0.146 e. The SMILES string of the molecule is C=C(C)NCCCC(NC)C(C)=O. The predicted octanol–water partition coefficient (Wildman–Crippen LogP) is 1.07. The molecule has 1 atom stereocenters. The number of nitrogens with one attached hydrogen (secondary N) is 2. The van der Waals surface area contributed by atoms with E-state index in [0.29, 0.717) is 0 Å². The third-order valence-corrected chi connectivity index (χ3v) is 1.94. The summed E-state index contributed by atoms with van der Waals surface area (Å²) in [6, 6.07) is 0.00641. The van der Waals surface area contributed by atoms with Crippen LogP contribution in [0.4, 0.5) is 0 Å². The lowest BCUT2D eigenvalue weighted by molar-refractivity contribution is -0.119. The number of likely N-dealkylation sites (N-methyl/N-ethyl adjacent to an activating group) is 1. The second-order valence-corrected chi connectivity index (χ2v) is 3.30. The molecule has 0 aromatic rings. The summed E-state index contributed by atoms with van der Waals surface area (Å²) in [7, 11) is 1.82. The average molecular weight is 184 g/mol. The Morgan fingerprint density at radius 1 is 1.46 bits per heavy atom. The van der Waals surface area contributed by atoms with E-state index in [2.05, 4.69) is 17.2 Å². The number of rotatable bonds is 7. The van der Waals surface area contributed by atoms with Gasteiger partial charge in [0.15, 0.2) is 0 Å². The van der Waals surface area contributed by atoms with Crippen molar-refractivity contribution in [2.75, 3.05) is 13.6 Å². The van der Waals surface area contributed by atoms with E-state index in [-0.39, 0.29) is 11.8 Å². The highest BCUT2D eigenvalue weighted by atomic mass is 16.1. The molecule has 0 aliphatic rings. The van der Waals surface area contributed by atoms with Crippen LogP contribution in [0.15, 0.2) is 12.3 Å². The van der Waals surface area contributed by atoms with Crippen molar-refractivity contribution in [3.05, 3.63) is 12.3 Å². The van der Waals surface area contributed by atoms with Crippen LogP contribution in [0.3, 0.4) is 0 Å². The van der Waals surface area contributed by atoms with Crippen molar-refractivity contribution in [3.8, 4) is 0 Å². The zero-order valence-corrected chi connectivity index (χ0v) is 8.81. The molecule has 0 aliphatic carbocycles. The summed E-state index contributed by atoms with van der Waals surface area (Å²) < 4.78 is 0. The van der Waals surface area contributed by atoms with Gasteiger partial charge in [0, 0.05) is 12.2 Å². The van der Waals surface area contributed by atoms with Gasteiger partial charge in [0.2, 0.25) is 0 Å². The van der Waals surface area contributed by atoms with Gasteiger partial charge in [-0.25, -0.2) is 0 Å². The molecule has 0 aromatic carbocycles. The fourth-order valence-electron chi connectivity index (χ4n) is 1.16. The van der Waals surface area contributed by atoms with Gasteiger partial charge in [-0.2, -0.15) is 0 Å². The number of carbonyl (C=O) groups is 1. The first-order valence-corrected chi connectivity index (χ1v) is 4.65. The number of Topliss-reactive ketones (excluding diaryl/α,β-unsaturated/α-hetero) is 1. The normalized spacial score (nSPS) is 12.2. The Morgan fingerprint density at radius 3 is 2.46 bits per heavy atom. The Kier molecular flexibility index (Phi) is 6.24. The van der Waals surface area contributed by atoms with E-state index in [1.165, 1.54) is 0 Å². The van der Waals surface area contributed by atoms with E-state index in [4.69, 9.17) is 0 Å². The van der Waals surface area contributed by atoms with Gasteiger partial charge in [-0.15, -0.1) is 0 Å². The molecule has 0 saturated heterocycles. The zero-order chi connectivity index (χ0) is 10.3. The molecular weight excluding hydrogens is 164 g/mol. The standard InChI is InChI=1S/C10H20N2O/c1-8(2)12-7-5-6-10(11-4)9(3)13/h10-12H,1,5-7H2,2-4H3. The minimum atomic E-state index is 0.00641. The molecule has 0 radical (unpaired) electrons. The van der Waals surface area contributed by atoms with Gasteiger partial charge in [0.25, 0.3) is 0 Å². The first kappa shape index (κ1) is 12.2. The largest absolute Gasteiger partial charge is 0.389 e. The van der Waals surface area contributed by atoms with Crippen LogP contribution in [0.25, 0.3) is 0 Å². The number of hydrogen-bond donors (Lipinski definition) is 2. The highest BCUT2D eigenvalue weighted by molar-refractivity contribution is 5.81. The topological polar surface area (TPSA) is 41.1 Å². The van der Waals surface area contributed by atoms with Gasteiger partial charge in [-0.1, -0.05) is 6.58 Å². The minimum Gasteiger partial charge on any atom is -0.389 e. The third kappa shape index (κ3) is 6.34. The lowest BCUT2D eigenvalue weighted by Gasteiger charge is -2.12. The first-order valence-electron chi connectivity index (χ1n) is 4.65. The van der Waals surface area contributed by atoms with Gasteiger partial charge < -0.3 is 10.6 Å². The van der Waals surface area contributed by atoms with Crippen molar-refractivity contribution in [1.29, 1.82) is 0 Å². The summed E-state index contributed by atoms with van der Waals surface area (Å²) >= 11 is 0. The Balaban J connectivity index is 3.50. The highest BCUT2D eigenvalue weighted by Crippen LogP contribution is 1.97. The van der Waals surface area contributed by atoms with Crippen LogP contribution in [-0.4, -0.2) is 25.4 Å². The Bertz CT molecular complexity index is 178. The molecule has 0 heterocycles. The van der Waals surface area contributed by atoms with Gasteiger partial charge in [-0.3, -0.25) is 4.79 Å². The minimum absolute atomic E-state index is 0.00641. The van der Waals surface area contributed by atoms with Gasteiger partial charge in [-0.05, 0) is 33.7 Å². The first-order chi connectivity index (χ1) is 6.07. The van der Waals surface area contributed by atoms with Crippen molar-refractivity contribution < 1.29 is 4.79 Å². The molecule has 0 aliphatic heterocycles. The van der Waals surface area contributed by atoms with Crippen molar-refractivity contribution in [3.63, 3.8) is 0 Å². The predicted molar refractivity (Wildman–Crippen MR) is 55.6 cm³/mol.